The van der Waals surface area contributed by atoms with Crippen molar-refractivity contribution in [3.8, 4) is 17.3 Å². The average Bonchev–Trinajstić information content (AvgIpc) is 2.94. The molecule has 102 valence electrons. The van der Waals surface area contributed by atoms with Gasteiger partial charge in [0.25, 0.3) is 0 Å². The molecule has 9 heteroatoms. The smallest absolute Gasteiger partial charge is 0.198 e. The van der Waals surface area contributed by atoms with E-state index in [-0.39, 0.29) is 25.6 Å². The highest BCUT2D eigenvalue weighted by Crippen LogP contribution is 2.15. The van der Waals surface area contributed by atoms with Crippen molar-refractivity contribution in [1.82, 2.24) is 25.6 Å². The van der Waals surface area contributed by atoms with Crippen molar-refractivity contribution in [2.75, 3.05) is 13.2 Å². The summed E-state index contributed by atoms with van der Waals surface area (Å²) in [4.78, 5) is 4.11. The standard InChI is InChI=1S/C10H11FN6O.ClH/c11-3-7(4-12)6-18-8-1-2-9(13-5-8)10-14-16-17-15-10;/h1-3,5H,4,6,12H2,(H,14,15,16,17);1H/b7-3-;. The zero-order valence-electron chi connectivity index (χ0n) is 9.78. The van der Waals surface area contributed by atoms with Crippen LogP contribution in [0.1, 0.15) is 0 Å². The van der Waals surface area contributed by atoms with Gasteiger partial charge in [-0.2, -0.15) is 0 Å². The van der Waals surface area contributed by atoms with E-state index in [1.54, 1.807) is 12.1 Å². The summed E-state index contributed by atoms with van der Waals surface area (Å²) < 4.78 is 17.6. The Balaban J connectivity index is 0.00000180. The van der Waals surface area contributed by atoms with Gasteiger partial charge in [-0.1, -0.05) is 0 Å². The number of aromatic amines is 1. The van der Waals surface area contributed by atoms with Crippen molar-refractivity contribution >= 4 is 12.4 Å². The van der Waals surface area contributed by atoms with Gasteiger partial charge in [0.1, 0.15) is 18.1 Å². The molecule has 3 N–H and O–H groups in total. The number of aromatic nitrogens is 5. The number of halogens is 2. The number of ether oxygens (including phenoxy) is 1. The van der Waals surface area contributed by atoms with Crippen LogP contribution in [0.5, 0.6) is 5.75 Å². The minimum Gasteiger partial charge on any atom is -0.487 e. The molecule has 2 rings (SSSR count). The zero-order chi connectivity index (χ0) is 12.8. The van der Waals surface area contributed by atoms with Gasteiger partial charge in [-0.15, -0.1) is 17.5 Å². The van der Waals surface area contributed by atoms with Crippen LogP contribution in [0.4, 0.5) is 4.39 Å². The van der Waals surface area contributed by atoms with E-state index in [9.17, 15) is 4.39 Å². The Morgan fingerprint density at radius 2 is 2.32 bits per heavy atom. The van der Waals surface area contributed by atoms with Gasteiger partial charge in [-0.05, 0) is 22.6 Å². The quantitative estimate of drug-likeness (QED) is 0.845. The lowest BCUT2D eigenvalue weighted by Gasteiger charge is -2.06. The van der Waals surface area contributed by atoms with E-state index in [0.29, 0.717) is 29.2 Å². The maximum absolute atomic E-state index is 12.2. The first-order valence-corrected chi connectivity index (χ1v) is 5.14. The van der Waals surface area contributed by atoms with Crippen LogP contribution >= 0.6 is 12.4 Å². The first kappa shape index (κ1) is 15.0. The molecule has 0 saturated carbocycles. The van der Waals surface area contributed by atoms with Crippen molar-refractivity contribution in [2.45, 2.75) is 0 Å². The molecule has 0 unspecified atom stereocenters. The minimum absolute atomic E-state index is 0. The largest absolute Gasteiger partial charge is 0.487 e. The van der Waals surface area contributed by atoms with Crippen LogP contribution in [0.25, 0.3) is 11.5 Å². The fourth-order valence-electron chi connectivity index (χ4n) is 1.18. The number of hydrogen-bond donors (Lipinski definition) is 2. The van der Waals surface area contributed by atoms with Gasteiger partial charge in [-0.25, -0.2) is 14.5 Å². The molecule has 0 saturated heterocycles. The highest BCUT2D eigenvalue weighted by atomic mass is 35.5. The van der Waals surface area contributed by atoms with E-state index < -0.39 is 0 Å². The van der Waals surface area contributed by atoms with Crippen LogP contribution in [-0.4, -0.2) is 38.8 Å². The maximum atomic E-state index is 12.2. The monoisotopic (exact) mass is 286 g/mol. The number of pyridine rings is 1. The third-order valence-electron chi connectivity index (χ3n) is 2.17. The van der Waals surface area contributed by atoms with Gasteiger partial charge in [-0.3, -0.25) is 0 Å². The number of tetrazole rings is 1. The number of nitrogens with two attached hydrogens (primary N) is 1. The van der Waals surface area contributed by atoms with E-state index in [4.69, 9.17) is 10.5 Å². The summed E-state index contributed by atoms with van der Waals surface area (Å²) >= 11 is 0. The maximum Gasteiger partial charge on any atom is 0.198 e. The average molecular weight is 287 g/mol. The minimum atomic E-state index is 0. The highest BCUT2D eigenvalue weighted by Gasteiger charge is 2.04. The van der Waals surface area contributed by atoms with E-state index in [1.807, 2.05) is 0 Å². The fourth-order valence-corrected chi connectivity index (χ4v) is 1.18. The number of H-pyrrole nitrogens is 1. The molecule has 2 aromatic heterocycles. The van der Waals surface area contributed by atoms with Crippen molar-refractivity contribution in [3.05, 3.63) is 30.2 Å². The summed E-state index contributed by atoms with van der Waals surface area (Å²) in [6, 6.07) is 3.38. The van der Waals surface area contributed by atoms with Gasteiger partial charge in [0.15, 0.2) is 5.82 Å². The Hall–Kier alpha value is -2.06. The molecule has 0 spiro atoms. The Bertz CT molecular complexity index is 515. The molecule has 0 bridgehead atoms. The lowest BCUT2D eigenvalue weighted by atomic mass is 10.3. The number of hydrogen-bond acceptors (Lipinski definition) is 6. The first-order valence-electron chi connectivity index (χ1n) is 5.14. The zero-order valence-corrected chi connectivity index (χ0v) is 10.6. The SMILES string of the molecule is Cl.NC/C(=C/F)COc1ccc(-c2nnn[nH]2)nc1. The van der Waals surface area contributed by atoms with Gasteiger partial charge < -0.3 is 10.5 Å². The molecule has 0 aliphatic carbocycles. The van der Waals surface area contributed by atoms with Crippen LogP contribution in [-0.2, 0) is 0 Å². The van der Waals surface area contributed by atoms with Gasteiger partial charge in [0.2, 0.25) is 0 Å². The van der Waals surface area contributed by atoms with Crippen LogP contribution in [0.2, 0.25) is 0 Å². The van der Waals surface area contributed by atoms with Crippen molar-refractivity contribution < 1.29 is 9.13 Å². The second-order valence-corrected chi connectivity index (χ2v) is 3.39. The normalized spacial score (nSPS) is 10.9. The molecule has 0 aromatic carbocycles. The second kappa shape index (κ2) is 7.39. The lowest BCUT2D eigenvalue weighted by molar-refractivity contribution is 0.346. The van der Waals surface area contributed by atoms with E-state index in [2.05, 4.69) is 25.6 Å². The molecule has 0 atom stereocenters. The summed E-state index contributed by atoms with van der Waals surface area (Å²) in [5, 5.41) is 13.2. The van der Waals surface area contributed by atoms with Crippen LogP contribution < -0.4 is 10.5 Å². The number of nitrogens with zero attached hydrogens (tertiary/aromatic N) is 4. The van der Waals surface area contributed by atoms with Gasteiger partial charge in [0, 0.05) is 12.1 Å². The van der Waals surface area contributed by atoms with Crippen LogP contribution in [0.3, 0.4) is 0 Å². The molecule has 0 aliphatic heterocycles. The molecule has 0 aliphatic rings. The molecule has 2 aromatic rings. The van der Waals surface area contributed by atoms with Crippen molar-refractivity contribution in [1.29, 1.82) is 0 Å². The lowest BCUT2D eigenvalue weighted by Crippen LogP contribution is -2.10. The van der Waals surface area contributed by atoms with E-state index in [1.165, 1.54) is 6.20 Å². The summed E-state index contributed by atoms with van der Waals surface area (Å²) in [6.07, 6.45) is 1.95. The topological polar surface area (TPSA) is 103 Å². The Labute approximate surface area is 114 Å². The Morgan fingerprint density at radius 3 is 2.84 bits per heavy atom. The van der Waals surface area contributed by atoms with E-state index in [0.717, 1.165) is 0 Å². The molecule has 2 heterocycles. The predicted octanol–water partition coefficient (Wildman–Crippen LogP) is 0.874. The van der Waals surface area contributed by atoms with Crippen LogP contribution in [0, 0.1) is 0 Å². The number of rotatable bonds is 5. The summed E-state index contributed by atoms with van der Waals surface area (Å²) in [7, 11) is 0. The molecule has 0 fully saturated rings. The van der Waals surface area contributed by atoms with Gasteiger partial charge in [0.05, 0.1) is 12.5 Å². The fraction of sp³-hybridized carbons (Fsp3) is 0.200. The highest BCUT2D eigenvalue weighted by molar-refractivity contribution is 5.85. The molecular formula is C10H12ClFN6O. The van der Waals surface area contributed by atoms with Gasteiger partial charge >= 0.3 is 0 Å². The molecular weight excluding hydrogens is 275 g/mol. The Morgan fingerprint density at radius 1 is 1.47 bits per heavy atom. The predicted molar refractivity (Wildman–Crippen MR) is 68.4 cm³/mol. The summed E-state index contributed by atoms with van der Waals surface area (Å²) in [5.41, 5.74) is 6.27. The van der Waals surface area contributed by atoms with Crippen LogP contribution in [0.15, 0.2) is 30.2 Å². The third kappa shape index (κ3) is 3.97. The molecule has 19 heavy (non-hydrogen) atoms. The number of nitrogens with one attached hydrogen (secondary N) is 1. The van der Waals surface area contributed by atoms with E-state index >= 15 is 0 Å². The first-order chi connectivity index (χ1) is 8.83. The summed E-state index contributed by atoms with van der Waals surface area (Å²) in [5.74, 6) is 0.979. The summed E-state index contributed by atoms with van der Waals surface area (Å²) in [6.45, 7) is 0.212. The molecule has 0 amide bonds. The van der Waals surface area contributed by atoms with Crippen molar-refractivity contribution in [3.63, 3.8) is 0 Å². The molecule has 7 nitrogen and oxygen atoms in total. The third-order valence-corrected chi connectivity index (χ3v) is 2.17. The Kier molecular flexibility index (Phi) is 5.83. The van der Waals surface area contributed by atoms with Crippen molar-refractivity contribution in [2.24, 2.45) is 5.73 Å². The molecule has 0 radical (unpaired) electrons. The second-order valence-electron chi connectivity index (χ2n) is 3.39.